The van der Waals surface area contributed by atoms with E-state index in [0.717, 1.165) is 148 Å². The van der Waals surface area contributed by atoms with Gasteiger partial charge in [-0.1, -0.05) is 142 Å². The number of carbonyl (C=O) groups is 4. The molecule has 5 N–H and O–H groups in total. The number of alkyl halides is 8. The maximum Gasteiger partial charge on any atom is 0.263 e. The lowest BCUT2D eigenvalue weighted by Crippen LogP contribution is -2.64. The predicted molar refractivity (Wildman–Crippen MR) is 450 cm³/mol. The summed E-state index contributed by atoms with van der Waals surface area (Å²) in [5.41, 5.74) is 9.96. The van der Waals surface area contributed by atoms with Crippen molar-refractivity contribution in [1.29, 1.82) is 0 Å². The highest BCUT2D eigenvalue weighted by molar-refractivity contribution is 6.17. The smallest absolute Gasteiger partial charge is 0.263 e. The minimum atomic E-state index is -2.84. The van der Waals surface area contributed by atoms with Crippen molar-refractivity contribution in [3.8, 4) is 0 Å². The first-order valence-electron chi connectivity index (χ1n) is 45.9. The Kier molecular flexibility index (Phi) is 22.6. The predicted octanol–water partition coefficient (Wildman–Crippen LogP) is 20.4. The van der Waals surface area contributed by atoms with Gasteiger partial charge in [-0.25, -0.2) is 26.3 Å². The van der Waals surface area contributed by atoms with E-state index in [1.54, 1.807) is 0 Å². The third-order valence-electron chi connectivity index (χ3n) is 35.0. The number of rotatable bonds is 20. The standard InChI is InChI=1S/C26H35F2NO2.C25H32ClF2NO.C25H36N2O.C24H30F3NO/c1-2-31-18-23-11-19-12-24(14-23,20-6-4-3-5-7-20)16-25(13-19,15-23)22(30)10-21-8-9-29-17-26(21,27)28;26-8-7-22-11-18-12-23(14-22,19-4-2-1-3-5-19)16-24(13-18,15-22)21(30)10-20-6-9-29-17-25(20,27)28;1-22(2)17-27(10-9-20(22)26)21(28)25-13-18-11-23(3,15-25)14-24(12-18,16-25)19-7-5-4-6-8-19;25-15-21-9-17-10-22(12-21,18-4-2-1-3-5-18)14-23(11-17,13-21)20(29)8-19-6-7-28-16-24(19,26)27/h3-7,19,21,29H,2,8-18H2,1H3;1-5,18,20,29H,6-17H2;4-8,18,20H,9-17,26H2,1-3H3;1-5,17,19,28H,6-16H2/t19?,21?,23-,24+,25?;18?,20?,22-,23-,24?;18?,20?,23-,24-,25?;17?,19?,21-,22+,23?/m0110/s1. The van der Waals surface area contributed by atoms with Crippen LogP contribution in [0.5, 0.6) is 0 Å². The highest BCUT2D eigenvalue weighted by atomic mass is 35.5. The fraction of sp³-hybridized carbons (Fsp3) is 0.720. The van der Waals surface area contributed by atoms with Gasteiger partial charge in [-0.15, -0.1) is 11.6 Å². The molecule has 16 saturated carbocycles. The molecule has 4 aromatic rings. The second-order valence-corrected chi connectivity index (χ2v) is 44.9. The first kappa shape index (κ1) is 85.1. The first-order valence-corrected chi connectivity index (χ1v) is 46.4. The summed E-state index contributed by atoms with van der Waals surface area (Å²) in [6, 6.07) is 42.8. The number of nitrogens with two attached hydrogens (primary N) is 1. The quantitative estimate of drug-likeness (QED) is 0.0502. The zero-order valence-corrected chi connectivity index (χ0v) is 71.6. The molecular weight excluding hydrogens is 1520 g/mol. The summed E-state index contributed by atoms with van der Waals surface area (Å²) in [6.45, 7) is 12.3. The maximum atomic E-state index is 14.5. The molecule has 20 aliphatic rings. The molecule has 16 bridgehead atoms. The Labute approximate surface area is 702 Å². The highest BCUT2D eigenvalue weighted by Crippen LogP contribution is 2.76. The number of carbonyl (C=O) groups excluding carboxylic acids is 4. The van der Waals surface area contributed by atoms with Crippen LogP contribution in [0.1, 0.15) is 255 Å². The van der Waals surface area contributed by atoms with Crippen LogP contribution in [0, 0.1) is 90.2 Å². The number of halogens is 8. The molecule has 20 fully saturated rings. The number of Topliss-reactive ketones (excluding diaryl/α,β-unsaturated/α-hetero) is 3. The number of likely N-dealkylation sites (tertiary alicyclic amines) is 1. The van der Waals surface area contributed by atoms with Gasteiger partial charge in [0.1, 0.15) is 17.3 Å². The van der Waals surface area contributed by atoms with Crippen molar-refractivity contribution in [3.05, 3.63) is 144 Å². The SMILES string of the molecule is CC1(C)CN(C(=O)C23CC4C[C@@](C)(C2)C[C@](c2ccccc2)(C4)C3)CCC1N.CCOC[C@]12CC3CC(C(=O)CC4CCNCC4(F)F)(C1)C[C@@](c1ccccc1)(C3)C2.O=C(CC1CCNCC1(F)F)C12CC3C[C@@](CCCl)(C1)C[C@](c1ccccc1)(C3)C2.O=C(CC1CCNCC1(F)F)C12CC3C[C@@](CF)(C1)C[C@](c1ccccc1)(C3)C2. The molecule has 4 aliphatic heterocycles. The second-order valence-electron chi connectivity index (χ2n) is 44.5. The van der Waals surface area contributed by atoms with Gasteiger partial charge in [0.15, 0.2) is 0 Å². The third-order valence-corrected chi connectivity index (χ3v) is 35.2. The van der Waals surface area contributed by atoms with Gasteiger partial charge in [-0.05, 0) is 302 Å². The summed E-state index contributed by atoms with van der Waals surface area (Å²) in [5, 5.41) is 8.33. The number of nitrogens with one attached hydrogen (secondary N) is 3. The van der Waals surface area contributed by atoms with Gasteiger partial charge in [-0.2, -0.15) is 0 Å². The van der Waals surface area contributed by atoms with Crippen molar-refractivity contribution in [2.75, 3.05) is 78.1 Å². The van der Waals surface area contributed by atoms with Gasteiger partial charge in [-0.3, -0.25) is 23.6 Å². The van der Waals surface area contributed by atoms with Crippen molar-refractivity contribution >= 4 is 34.9 Å². The summed E-state index contributed by atoms with van der Waals surface area (Å²) in [6.07, 6.45) is 26.4. The van der Waals surface area contributed by atoms with Gasteiger partial charge >= 0.3 is 0 Å². The molecule has 16 aliphatic carbocycles. The highest BCUT2D eigenvalue weighted by Gasteiger charge is 2.71. The van der Waals surface area contributed by atoms with E-state index in [-0.39, 0.29) is 106 Å². The molecule has 0 spiro atoms. The lowest BCUT2D eigenvalue weighted by Gasteiger charge is -2.66. The average Bonchev–Trinajstić information content (AvgIpc) is 0.707. The minimum Gasteiger partial charge on any atom is -0.381 e. The van der Waals surface area contributed by atoms with Crippen LogP contribution in [0.2, 0.25) is 0 Å². The molecule has 12 unspecified atom stereocenters. The number of benzene rings is 4. The lowest BCUT2D eigenvalue weighted by molar-refractivity contribution is -0.174. The van der Waals surface area contributed by atoms with Gasteiger partial charge in [0.25, 0.3) is 17.8 Å². The van der Waals surface area contributed by atoms with Crippen molar-refractivity contribution in [2.45, 2.75) is 279 Å². The number of nitrogens with zero attached hydrogens (tertiary/aromatic N) is 1. The number of ketones is 3. The summed E-state index contributed by atoms with van der Waals surface area (Å²) in [4.78, 5) is 57.5. The van der Waals surface area contributed by atoms with E-state index >= 15 is 0 Å². The molecule has 118 heavy (non-hydrogen) atoms. The fourth-order valence-corrected chi connectivity index (χ4v) is 32.6. The van der Waals surface area contributed by atoms with E-state index in [4.69, 9.17) is 22.1 Å². The molecule has 0 aromatic heterocycles. The Hall–Kier alpha value is -5.04. The molecule has 24 rings (SSSR count). The molecule has 4 saturated heterocycles. The van der Waals surface area contributed by atoms with Gasteiger partial charge in [0.2, 0.25) is 5.91 Å². The van der Waals surface area contributed by atoms with E-state index in [0.29, 0.717) is 106 Å². The largest absolute Gasteiger partial charge is 0.381 e. The van der Waals surface area contributed by atoms with Crippen LogP contribution in [0.15, 0.2) is 121 Å². The first-order chi connectivity index (χ1) is 56.1. The number of ether oxygens (including phenoxy) is 1. The second kappa shape index (κ2) is 31.3. The number of amides is 1. The zero-order valence-electron chi connectivity index (χ0n) is 70.9. The monoisotopic (exact) mass is 1650 g/mol. The summed E-state index contributed by atoms with van der Waals surface area (Å²) >= 11 is 6.26. The number of piperidine rings is 4. The van der Waals surface area contributed by atoms with Crippen LogP contribution in [-0.4, -0.2) is 130 Å². The Morgan fingerprint density at radius 1 is 0.441 bits per heavy atom. The van der Waals surface area contributed by atoms with Crippen molar-refractivity contribution in [1.82, 2.24) is 20.9 Å². The van der Waals surface area contributed by atoms with E-state index < -0.39 is 63.9 Å². The van der Waals surface area contributed by atoms with E-state index in [2.05, 4.69) is 133 Å². The zero-order chi connectivity index (χ0) is 82.9. The van der Waals surface area contributed by atoms with Crippen LogP contribution < -0.4 is 21.7 Å². The van der Waals surface area contributed by atoms with Crippen LogP contribution >= 0.6 is 11.6 Å². The van der Waals surface area contributed by atoms with E-state index in [9.17, 15) is 49.9 Å². The topological polar surface area (TPSA) is 143 Å². The van der Waals surface area contributed by atoms with Gasteiger partial charge in [0, 0.05) is 90.3 Å². The Morgan fingerprint density at radius 3 is 1.19 bits per heavy atom. The van der Waals surface area contributed by atoms with Crippen molar-refractivity contribution in [2.24, 2.45) is 95.9 Å². The molecule has 20 atom stereocenters. The lowest BCUT2D eigenvalue weighted by atomic mass is 9.37. The normalized spacial score (nSPS) is 42.2. The number of hydrogen-bond donors (Lipinski definition) is 4. The maximum absolute atomic E-state index is 14.5. The summed E-state index contributed by atoms with van der Waals surface area (Å²) in [5.74, 6) is -7.73. The molecule has 4 heterocycles. The molecule has 644 valence electrons. The minimum absolute atomic E-state index is 0.000959. The van der Waals surface area contributed by atoms with Crippen molar-refractivity contribution in [3.63, 3.8) is 0 Å². The van der Waals surface area contributed by atoms with E-state index in [1.807, 2.05) is 37.3 Å². The van der Waals surface area contributed by atoms with Crippen molar-refractivity contribution < 1.29 is 54.6 Å². The van der Waals surface area contributed by atoms with Crippen LogP contribution in [0.25, 0.3) is 0 Å². The van der Waals surface area contributed by atoms with Crippen LogP contribution in [0.4, 0.5) is 30.7 Å². The van der Waals surface area contributed by atoms with Gasteiger partial charge < -0.3 is 31.3 Å². The average molecular weight is 1650 g/mol. The summed E-state index contributed by atoms with van der Waals surface area (Å²) in [7, 11) is 0. The third kappa shape index (κ3) is 15.6. The molecule has 10 nitrogen and oxygen atoms in total. The Balaban J connectivity index is 0.000000113. The number of hydrogen-bond acceptors (Lipinski definition) is 9. The summed E-state index contributed by atoms with van der Waals surface area (Å²) < 4.78 is 107. The van der Waals surface area contributed by atoms with E-state index in [1.165, 1.54) is 41.5 Å². The Morgan fingerprint density at radius 2 is 0.797 bits per heavy atom. The Bertz CT molecular complexity index is 4320. The molecule has 4 aromatic carbocycles. The fourth-order valence-electron chi connectivity index (χ4n) is 32.2. The van der Waals surface area contributed by atoms with Crippen LogP contribution in [0.3, 0.4) is 0 Å². The molecule has 18 heteroatoms. The van der Waals surface area contributed by atoms with Crippen LogP contribution in [-0.2, 0) is 45.6 Å². The molecule has 1 amide bonds. The molecule has 0 radical (unpaired) electrons. The van der Waals surface area contributed by atoms with Gasteiger partial charge in [0.05, 0.1) is 38.3 Å². The molecular formula is C100H133ClF7N5O5.